The molecule has 0 saturated carbocycles. The molecule has 1 aliphatic heterocycles. The standard InChI is InChI=1S/C22H25N5S/c1-16(2)14-27-21(20(25-22(27)28)18-9-4-6-12-24-18)19-10-7-13-26(19)15-17-8-3-5-11-23-17/h3-13,16,20-21H,14-15H2,1-2H3,(H,25,28)/t20-,21-/m1/s1. The first-order valence-corrected chi connectivity index (χ1v) is 10.1. The minimum Gasteiger partial charge on any atom is -0.352 e. The molecular formula is C22H25N5S. The summed E-state index contributed by atoms with van der Waals surface area (Å²) in [5.74, 6) is 0.504. The van der Waals surface area contributed by atoms with Gasteiger partial charge in [-0.1, -0.05) is 26.0 Å². The number of nitrogens with one attached hydrogen (secondary N) is 1. The summed E-state index contributed by atoms with van der Waals surface area (Å²) >= 11 is 5.73. The molecule has 28 heavy (non-hydrogen) atoms. The van der Waals surface area contributed by atoms with E-state index in [-0.39, 0.29) is 12.1 Å². The quantitative estimate of drug-likeness (QED) is 0.645. The first-order valence-electron chi connectivity index (χ1n) is 9.66. The summed E-state index contributed by atoms with van der Waals surface area (Å²) in [6.45, 7) is 6.08. The van der Waals surface area contributed by atoms with Crippen LogP contribution in [0.15, 0.2) is 67.1 Å². The fourth-order valence-corrected chi connectivity index (χ4v) is 4.14. The fourth-order valence-electron chi connectivity index (χ4n) is 3.82. The van der Waals surface area contributed by atoms with Crippen LogP contribution in [0.3, 0.4) is 0 Å². The zero-order valence-electron chi connectivity index (χ0n) is 16.2. The van der Waals surface area contributed by atoms with E-state index in [4.69, 9.17) is 12.2 Å². The van der Waals surface area contributed by atoms with Crippen LogP contribution in [0.25, 0.3) is 0 Å². The third-order valence-electron chi connectivity index (χ3n) is 4.99. The molecule has 1 saturated heterocycles. The Morgan fingerprint density at radius 2 is 1.82 bits per heavy atom. The minimum absolute atomic E-state index is 0.0184. The molecular weight excluding hydrogens is 366 g/mol. The Kier molecular flexibility index (Phi) is 5.39. The molecule has 0 aliphatic carbocycles. The summed E-state index contributed by atoms with van der Waals surface area (Å²) in [7, 11) is 0. The molecule has 1 aliphatic rings. The van der Waals surface area contributed by atoms with E-state index < -0.39 is 0 Å². The molecule has 4 rings (SSSR count). The normalized spacial score (nSPS) is 19.2. The van der Waals surface area contributed by atoms with Crippen molar-refractivity contribution in [1.82, 2.24) is 24.8 Å². The van der Waals surface area contributed by atoms with Crippen LogP contribution in [-0.4, -0.2) is 31.1 Å². The molecule has 0 spiro atoms. The van der Waals surface area contributed by atoms with Crippen molar-refractivity contribution < 1.29 is 0 Å². The highest BCUT2D eigenvalue weighted by atomic mass is 32.1. The van der Waals surface area contributed by atoms with Crippen molar-refractivity contribution in [2.24, 2.45) is 5.92 Å². The Balaban J connectivity index is 1.73. The van der Waals surface area contributed by atoms with Crippen molar-refractivity contribution in [3.8, 4) is 0 Å². The van der Waals surface area contributed by atoms with E-state index >= 15 is 0 Å². The zero-order valence-corrected chi connectivity index (χ0v) is 17.0. The van der Waals surface area contributed by atoms with E-state index in [1.807, 2.05) is 36.7 Å². The third kappa shape index (κ3) is 3.78. The lowest BCUT2D eigenvalue weighted by molar-refractivity contribution is 0.277. The number of rotatable bonds is 6. The van der Waals surface area contributed by atoms with Crippen LogP contribution in [-0.2, 0) is 6.54 Å². The maximum Gasteiger partial charge on any atom is 0.170 e. The molecule has 3 aromatic rings. The summed E-state index contributed by atoms with van der Waals surface area (Å²) in [6.07, 6.45) is 5.80. The van der Waals surface area contributed by atoms with Gasteiger partial charge in [-0.2, -0.15) is 0 Å². The largest absolute Gasteiger partial charge is 0.352 e. The van der Waals surface area contributed by atoms with Crippen LogP contribution in [0.5, 0.6) is 0 Å². The van der Waals surface area contributed by atoms with Gasteiger partial charge in [-0.15, -0.1) is 0 Å². The maximum absolute atomic E-state index is 5.73. The highest BCUT2D eigenvalue weighted by molar-refractivity contribution is 7.80. The highest BCUT2D eigenvalue weighted by Gasteiger charge is 2.41. The van der Waals surface area contributed by atoms with E-state index in [9.17, 15) is 0 Å². The van der Waals surface area contributed by atoms with Gasteiger partial charge >= 0.3 is 0 Å². The highest BCUT2D eigenvalue weighted by Crippen LogP contribution is 2.39. The molecule has 0 unspecified atom stereocenters. The van der Waals surface area contributed by atoms with Crippen LogP contribution in [0, 0.1) is 5.92 Å². The smallest absolute Gasteiger partial charge is 0.170 e. The number of hydrogen-bond acceptors (Lipinski definition) is 3. The summed E-state index contributed by atoms with van der Waals surface area (Å²) in [5.41, 5.74) is 3.26. The van der Waals surface area contributed by atoms with E-state index in [1.165, 1.54) is 5.69 Å². The molecule has 1 fully saturated rings. The van der Waals surface area contributed by atoms with Gasteiger partial charge in [-0.25, -0.2) is 0 Å². The molecule has 144 valence electrons. The van der Waals surface area contributed by atoms with Crippen molar-refractivity contribution in [1.29, 1.82) is 0 Å². The number of aromatic nitrogens is 3. The average Bonchev–Trinajstić information content (AvgIpc) is 3.27. The zero-order chi connectivity index (χ0) is 19.5. The van der Waals surface area contributed by atoms with Gasteiger partial charge in [0.15, 0.2) is 5.11 Å². The average molecular weight is 392 g/mol. The number of nitrogens with zero attached hydrogens (tertiary/aromatic N) is 4. The molecule has 0 bridgehead atoms. The topological polar surface area (TPSA) is 46.0 Å². The van der Waals surface area contributed by atoms with E-state index in [0.717, 1.165) is 29.6 Å². The van der Waals surface area contributed by atoms with Crippen molar-refractivity contribution in [3.63, 3.8) is 0 Å². The second-order valence-corrected chi connectivity index (χ2v) is 7.94. The van der Waals surface area contributed by atoms with Crippen LogP contribution in [0.4, 0.5) is 0 Å². The van der Waals surface area contributed by atoms with Crippen LogP contribution in [0.1, 0.15) is 43.0 Å². The predicted molar refractivity (Wildman–Crippen MR) is 115 cm³/mol. The van der Waals surface area contributed by atoms with Crippen LogP contribution < -0.4 is 5.32 Å². The second kappa shape index (κ2) is 8.10. The summed E-state index contributed by atoms with van der Waals surface area (Å²) in [4.78, 5) is 11.4. The third-order valence-corrected chi connectivity index (χ3v) is 5.34. The van der Waals surface area contributed by atoms with Crippen molar-refractivity contribution >= 4 is 17.3 Å². The van der Waals surface area contributed by atoms with Gasteiger partial charge < -0.3 is 14.8 Å². The number of hydrogen-bond donors (Lipinski definition) is 1. The van der Waals surface area contributed by atoms with Gasteiger partial charge in [0.1, 0.15) is 0 Å². The van der Waals surface area contributed by atoms with Gasteiger partial charge in [0.05, 0.1) is 30.0 Å². The predicted octanol–water partition coefficient (Wildman–Crippen LogP) is 3.95. The second-order valence-electron chi connectivity index (χ2n) is 7.55. The maximum atomic E-state index is 5.73. The van der Waals surface area contributed by atoms with Crippen LogP contribution >= 0.6 is 12.2 Å². The van der Waals surface area contributed by atoms with Gasteiger partial charge in [-0.3, -0.25) is 9.97 Å². The van der Waals surface area contributed by atoms with Gasteiger partial charge in [0, 0.05) is 30.8 Å². The molecule has 0 aromatic carbocycles. The van der Waals surface area contributed by atoms with Gasteiger partial charge in [0.2, 0.25) is 0 Å². The molecule has 0 amide bonds. The Bertz CT molecular complexity index is 922. The molecule has 3 aromatic heterocycles. The molecule has 5 nitrogen and oxygen atoms in total. The lowest BCUT2D eigenvalue weighted by Gasteiger charge is -2.30. The SMILES string of the molecule is CC(C)CN1C(=S)N[C@H](c2ccccn2)[C@H]1c1cccn1Cc1ccccn1. The Morgan fingerprint density at radius 3 is 2.50 bits per heavy atom. The molecule has 4 heterocycles. The lowest BCUT2D eigenvalue weighted by atomic mass is 10.0. The summed E-state index contributed by atoms with van der Waals surface area (Å²) < 4.78 is 2.27. The van der Waals surface area contributed by atoms with E-state index in [1.54, 1.807) is 0 Å². The lowest BCUT2D eigenvalue weighted by Crippen LogP contribution is -2.33. The van der Waals surface area contributed by atoms with E-state index in [2.05, 4.69) is 69.1 Å². The summed E-state index contributed by atoms with van der Waals surface area (Å²) in [5, 5.41) is 4.31. The monoisotopic (exact) mass is 391 g/mol. The molecule has 1 N–H and O–H groups in total. The Hall–Kier alpha value is -2.73. The van der Waals surface area contributed by atoms with Crippen molar-refractivity contribution in [2.75, 3.05) is 6.54 Å². The Morgan fingerprint density at radius 1 is 1.04 bits per heavy atom. The van der Waals surface area contributed by atoms with Crippen LogP contribution in [0.2, 0.25) is 0 Å². The minimum atomic E-state index is 0.0184. The Labute approximate surface area is 171 Å². The molecule has 0 radical (unpaired) electrons. The number of thiocarbonyl (C=S) groups is 1. The van der Waals surface area contributed by atoms with Gasteiger partial charge in [-0.05, 0) is 54.5 Å². The molecule has 2 atom stereocenters. The van der Waals surface area contributed by atoms with Crippen molar-refractivity contribution in [3.05, 3.63) is 84.2 Å². The fraction of sp³-hybridized carbons (Fsp3) is 0.318. The summed E-state index contributed by atoms with van der Waals surface area (Å²) in [6, 6.07) is 16.5. The van der Waals surface area contributed by atoms with Crippen molar-refractivity contribution in [2.45, 2.75) is 32.5 Å². The first-order chi connectivity index (χ1) is 13.6. The molecule has 6 heteroatoms. The van der Waals surface area contributed by atoms with Gasteiger partial charge in [0.25, 0.3) is 0 Å². The number of pyridine rings is 2. The van der Waals surface area contributed by atoms with E-state index in [0.29, 0.717) is 5.92 Å². The first kappa shape index (κ1) is 18.6.